The summed E-state index contributed by atoms with van der Waals surface area (Å²) in [6, 6.07) is 27.8. The van der Waals surface area contributed by atoms with Gasteiger partial charge in [-0.2, -0.15) is 10.5 Å². The molecule has 2 aromatic heterocycles. The predicted molar refractivity (Wildman–Crippen MR) is 212 cm³/mol. The first-order valence-corrected chi connectivity index (χ1v) is 19.1. The van der Waals surface area contributed by atoms with Gasteiger partial charge in [-0.3, -0.25) is 9.97 Å². The van der Waals surface area contributed by atoms with Crippen molar-refractivity contribution >= 4 is 18.4 Å². The molecule has 0 spiro atoms. The molecule has 2 unspecified atom stereocenters. The molecule has 0 saturated heterocycles. The Morgan fingerprint density at radius 1 is 0.660 bits per heavy atom. The van der Waals surface area contributed by atoms with E-state index in [4.69, 9.17) is 9.72 Å². The molecular formula is C47H50N4O2. The van der Waals surface area contributed by atoms with Crippen molar-refractivity contribution < 1.29 is 9.53 Å². The molecule has 0 bridgehead atoms. The Kier molecular flexibility index (Phi) is 12.5. The largest absolute Gasteiger partial charge is 0.381 e. The minimum Gasteiger partial charge on any atom is -0.381 e. The van der Waals surface area contributed by atoms with Gasteiger partial charge < -0.3 is 9.53 Å². The van der Waals surface area contributed by atoms with Gasteiger partial charge in [-0.25, -0.2) is 0 Å². The third-order valence-corrected chi connectivity index (χ3v) is 12.3. The highest BCUT2D eigenvalue weighted by atomic mass is 16.5. The van der Waals surface area contributed by atoms with Crippen molar-refractivity contribution in [2.24, 2.45) is 53.3 Å². The average Bonchev–Trinajstić information content (AvgIpc) is 3.20. The second-order valence-electron chi connectivity index (χ2n) is 15.4. The van der Waals surface area contributed by atoms with E-state index in [1.807, 2.05) is 91.3 Å². The SMILES string of the molecule is C[C@H]1[C@H](/C=C/c2ccc(-c3ccccc3C#N)cn2)[C@H](COCC2C[C@H](C)[C@@H](C)[C@H](/C=C/c3ccc(-c4ccccc4C#N)cn3)C2C=O)CC[C@@H]1C. The summed E-state index contributed by atoms with van der Waals surface area (Å²) < 4.78 is 6.57. The predicted octanol–water partition coefficient (Wildman–Crippen LogP) is 10.3. The van der Waals surface area contributed by atoms with Crippen LogP contribution in [-0.4, -0.2) is 29.5 Å². The molecule has 6 nitrogen and oxygen atoms in total. The number of hydrogen-bond acceptors (Lipinski definition) is 6. The van der Waals surface area contributed by atoms with E-state index in [-0.39, 0.29) is 17.8 Å². The van der Waals surface area contributed by atoms with Gasteiger partial charge in [-0.05, 0) is 96.6 Å². The molecule has 9 atom stereocenters. The number of benzene rings is 2. The van der Waals surface area contributed by atoms with Crippen LogP contribution in [0.15, 0.2) is 97.3 Å². The highest BCUT2D eigenvalue weighted by molar-refractivity contribution is 5.71. The smallest absolute Gasteiger partial charge is 0.124 e. The Bertz CT molecular complexity index is 1990. The minimum absolute atomic E-state index is 0.101. The maximum atomic E-state index is 12.7. The molecule has 2 aliphatic carbocycles. The molecule has 2 aliphatic rings. The summed E-state index contributed by atoms with van der Waals surface area (Å²) in [6.07, 6.45) is 16.8. The van der Waals surface area contributed by atoms with Crippen LogP contribution in [0.3, 0.4) is 0 Å². The standard InChI is InChI=1S/C47H50N4O2/c1-31-13-14-39(43(33(31)3)21-19-41-17-15-37(26-50-41)45-11-7-5-9-35(45)24-48)29-53-30-40-23-32(2)34(4)44(47(40)28-52)22-20-42-18-16-38(27-51-42)46-12-8-6-10-36(46)25-49/h5-12,15-22,26-28,31-34,39-40,43-44,47H,13-14,23,29-30H2,1-4H3/b21-19+,22-20+/t31-,32-,33+,34+,39-,40?,43-,44-,47?/m0/s1. The Morgan fingerprint density at radius 2 is 1.19 bits per heavy atom. The summed E-state index contributed by atoms with van der Waals surface area (Å²) in [5.41, 5.74) is 6.63. The number of carbonyl (C=O) groups excluding carboxylic acids is 1. The quantitative estimate of drug-likeness (QED) is 0.144. The molecule has 0 radical (unpaired) electrons. The van der Waals surface area contributed by atoms with Gasteiger partial charge in [0.15, 0.2) is 0 Å². The Hall–Kier alpha value is -5.17. The van der Waals surface area contributed by atoms with Crippen LogP contribution in [0.25, 0.3) is 34.4 Å². The number of aldehydes is 1. The van der Waals surface area contributed by atoms with Crippen molar-refractivity contribution in [1.29, 1.82) is 10.5 Å². The van der Waals surface area contributed by atoms with Gasteiger partial charge in [-0.1, -0.05) is 94.8 Å². The summed E-state index contributed by atoms with van der Waals surface area (Å²) in [6.45, 7) is 10.5. The van der Waals surface area contributed by atoms with Crippen LogP contribution in [0, 0.1) is 75.9 Å². The molecule has 2 heterocycles. The Morgan fingerprint density at radius 3 is 1.72 bits per heavy atom. The third kappa shape index (κ3) is 8.73. The van der Waals surface area contributed by atoms with E-state index in [9.17, 15) is 15.3 Å². The third-order valence-electron chi connectivity index (χ3n) is 12.3. The first-order valence-electron chi connectivity index (χ1n) is 19.1. The summed E-state index contributed by atoms with van der Waals surface area (Å²) >= 11 is 0. The molecule has 0 amide bonds. The van der Waals surface area contributed by atoms with Crippen LogP contribution >= 0.6 is 0 Å². The second kappa shape index (κ2) is 17.6. The van der Waals surface area contributed by atoms with E-state index in [2.05, 4.69) is 63.0 Å². The van der Waals surface area contributed by atoms with Crippen molar-refractivity contribution in [1.82, 2.24) is 9.97 Å². The van der Waals surface area contributed by atoms with Gasteiger partial charge in [0.25, 0.3) is 0 Å². The fourth-order valence-corrected chi connectivity index (χ4v) is 8.63. The topological polar surface area (TPSA) is 99.7 Å². The zero-order valence-corrected chi connectivity index (χ0v) is 31.3. The second-order valence-corrected chi connectivity index (χ2v) is 15.4. The van der Waals surface area contributed by atoms with E-state index in [1.165, 1.54) is 6.42 Å². The van der Waals surface area contributed by atoms with Crippen LogP contribution in [-0.2, 0) is 9.53 Å². The summed E-state index contributed by atoms with van der Waals surface area (Å²) in [5.74, 6) is 2.89. The molecule has 2 saturated carbocycles. The molecule has 0 N–H and O–H groups in total. The number of aromatic nitrogens is 2. The number of pyridine rings is 2. The van der Waals surface area contributed by atoms with E-state index >= 15 is 0 Å². The summed E-state index contributed by atoms with van der Waals surface area (Å²) in [4.78, 5) is 22.1. The Balaban J connectivity index is 1.09. The van der Waals surface area contributed by atoms with Gasteiger partial charge in [0, 0.05) is 47.2 Å². The highest BCUT2D eigenvalue weighted by Gasteiger charge is 2.40. The van der Waals surface area contributed by atoms with E-state index in [0.717, 1.165) is 52.8 Å². The molecule has 2 fully saturated rings. The van der Waals surface area contributed by atoms with Crippen molar-refractivity contribution in [3.63, 3.8) is 0 Å². The molecular weight excluding hydrogens is 653 g/mol. The molecule has 6 rings (SSSR count). The van der Waals surface area contributed by atoms with Gasteiger partial charge in [0.2, 0.25) is 0 Å². The zero-order valence-electron chi connectivity index (χ0n) is 31.3. The minimum atomic E-state index is -0.116. The van der Waals surface area contributed by atoms with Gasteiger partial charge in [-0.15, -0.1) is 0 Å². The lowest BCUT2D eigenvalue weighted by molar-refractivity contribution is -0.118. The fourth-order valence-electron chi connectivity index (χ4n) is 8.63. The molecule has 53 heavy (non-hydrogen) atoms. The van der Waals surface area contributed by atoms with Crippen LogP contribution in [0.1, 0.15) is 69.5 Å². The lowest BCUT2D eigenvalue weighted by Gasteiger charge is -2.42. The molecule has 0 aliphatic heterocycles. The van der Waals surface area contributed by atoms with Crippen molar-refractivity contribution in [2.75, 3.05) is 13.2 Å². The van der Waals surface area contributed by atoms with Crippen molar-refractivity contribution in [3.8, 4) is 34.4 Å². The maximum absolute atomic E-state index is 12.7. The lowest BCUT2D eigenvalue weighted by atomic mass is 9.63. The molecule has 2 aromatic carbocycles. The van der Waals surface area contributed by atoms with Crippen LogP contribution < -0.4 is 0 Å². The summed E-state index contributed by atoms with van der Waals surface area (Å²) in [5, 5.41) is 19.0. The number of hydrogen-bond donors (Lipinski definition) is 0. The van der Waals surface area contributed by atoms with E-state index in [1.54, 1.807) is 0 Å². The first-order chi connectivity index (χ1) is 25.8. The van der Waals surface area contributed by atoms with Gasteiger partial charge in [0.1, 0.15) is 6.29 Å². The first kappa shape index (κ1) is 37.6. The van der Waals surface area contributed by atoms with E-state index < -0.39 is 0 Å². The zero-order chi connectivity index (χ0) is 37.3. The van der Waals surface area contributed by atoms with Crippen molar-refractivity contribution in [3.05, 3.63) is 120 Å². The fraction of sp³-hybridized carbons (Fsp3) is 0.383. The lowest BCUT2D eigenvalue weighted by Crippen LogP contribution is -2.40. The number of allylic oxidation sites excluding steroid dienone is 2. The number of nitrogens with zero attached hydrogens (tertiary/aromatic N) is 4. The normalized spacial score (nSPS) is 27.3. The molecule has 4 aromatic rings. The summed E-state index contributed by atoms with van der Waals surface area (Å²) in [7, 11) is 0. The van der Waals surface area contributed by atoms with Crippen LogP contribution in [0.5, 0.6) is 0 Å². The van der Waals surface area contributed by atoms with Crippen LogP contribution in [0.2, 0.25) is 0 Å². The Labute approximate surface area is 315 Å². The highest BCUT2D eigenvalue weighted by Crippen LogP contribution is 2.44. The van der Waals surface area contributed by atoms with Crippen molar-refractivity contribution in [2.45, 2.75) is 47.0 Å². The number of rotatable bonds is 11. The maximum Gasteiger partial charge on any atom is 0.124 e. The molecule has 270 valence electrons. The van der Waals surface area contributed by atoms with E-state index in [0.29, 0.717) is 59.8 Å². The van der Waals surface area contributed by atoms with Gasteiger partial charge in [0.05, 0.1) is 41.3 Å². The number of nitriles is 2. The average molecular weight is 703 g/mol. The van der Waals surface area contributed by atoms with Crippen LogP contribution in [0.4, 0.5) is 0 Å². The number of ether oxygens (including phenoxy) is 1. The molecule has 6 heteroatoms. The number of carbonyl (C=O) groups is 1. The van der Waals surface area contributed by atoms with Gasteiger partial charge >= 0.3 is 0 Å². The monoisotopic (exact) mass is 702 g/mol.